The summed E-state index contributed by atoms with van der Waals surface area (Å²) in [4.78, 5) is 8.48. The normalized spacial score (nSPS) is 10.8. The van der Waals surface area contributed by atoms with Gasteiger partial charge in [-0.3, -0.25) is 10.4 Å². The van der Waals surface area contributed by atoms with E-state index in [1.807, 2.05) is 36.6 Å². The fourth-order valence-electron chi connectivity index (χ4n) is 1.87. The Morgan fingerprint density at radius 1 is 1.30 bits per heavy atom. The predicted octanol–water partition coefficient (Wildman–Crippen LogP) is 4.61. The largest absolute Gasteiger partial charge is 0.375 e. The van der Waals surface area contributed by atoms with Gasteiger partial charge in [-0.1, -0.05) is 11.6 Å². The van der Waals surface area contributed by atoms with E-state index in [0.29, 0.717) is 10.2 Å². The van der Waals surface area contributed by atoms with Crippen molar-refractivity contribution in [1.29, 1.82) is 0 Å². The maximum Gasteiger partial charge on any atom is 0.180 e. The molecule has 0 unspecified atom stereocenters. The van der Waals surface area contributed by atoms with Crippen LogP contribution in [-0.4, -0.2) is 15.7 Å². The van der Waals surface area contributed by atoms with Crippen LogP contribution in [0.1, 0.15) is 12.6 Å². The highest BCUT2D eigenvalue weighted by Crippen LogP contribution is 2.24. The number of anilines is 2. The van der Waals surface area contributed by atoms with Gasteiger partial charge in [0.2, 0.25) is 0 Å². The van der Waals surface area contributed by atoms with E-state index in [1.165, 1.54) is 11.3 Å². The molecule has 122 valence electrons. The Bertz CT molecular complexity index is 834. The molecule has 2 heterocycles. The van der Waals surface area contributed by atoms with Gasteiger partial charge in [0.15, 0.2) is 5.13 Å². The third kappa shape index (κ3) is 4.45. The van der Waals surface area contributed by atoms with E-state index in [2.05, 4.69) is 20.5 Å². The highest BCUT2D eigenvalue weighted by atomic mass is 35.5. The molecule has 0 amide bonds. The van der Waals surface area contributed by atoms with E-state index in [4.69, 9.17) is 17.3 Å². The van der Waals surface area contributed by atoms with E-state index in [9.17, 15) is 0 Å². The molecular weight excluding hydrogens is 377 g/mol. The Hall–Kier alpha value is -1.60. The lowest BCUT2D eigenvalue weighted by atomic mass is 10.2. The zero-order valence-electron chi connectivity index (χ0n) is 12.0. The molecule has 2 aromatic heterocycles. The van der Waals surface area contributed by atoms with Gasteiger partial charge in [-0.25, -0.2) is 4.98 Å². The van der Waals surface area contributed by atoms with Crippen LogP contribution in [0.15, 0.2) is 40.9 Å². The standard InChI is InChI=1S/C14H12ClN5S.2ClH/c1-8(13-7-21-14(16)18-13)19-20-11-4-5-17-12-6-9(15)2-3-10(11)12;;/h2-7H,1H3,(H2,16,18)(H,17,20);2*1H. The number of nitrogens with zero attached hydrogens (tertiary/aromatic N) is 3. The van der Waals surface area contributed by atoms with Crippen LogP contribution in [0, 0.1) is 0 Å². The second-order valence-electron chi connectivity index (χ2n) is 4.40. The van der Waals surface area contributed by atoms with Gasteiger partial charge in [0.05, 0.1) is 22.6 Å². The first-order valence-electron chi connectivity index (χ1n) is 6.19. The number of nitrogens with one attached hydrogen (secondary N) is 1. The number of benzene rings is 1. The monoisotopic (exact) mass is 389 g/mol. The summed E-state index contributed by atoms with van der Waals surface area (Å²) < 4.78 is 0. The fraction of sp³-hybridized carbons (Fsp3) is 0.0714. The summed E-state index contributed by atoms with van der Waals surface area (Å²) in [6, 6.07) is 7.43. The van der Waals surface area contributed by atoms with E-state index in [-0.39, 0.29) is 24.8 Å². The number of aromatic nitrogens is 2. The Morgan fingerprint density at radius 2 is 2.09 bits per heavy atom. The number of hydrogen-bond donors (Lipinski definition) is 2. The summed E-state index contributed by atoms with van der Waals surface area (Å²) >= 11 is 7.37. The lowest BCUT2D eigenvalue weighted by Crippen LogP contribution is -2.01. The van der Waals surface area contributed by atoms with E-state index in [1.54, 1.807) is 6.20 Å². The van der Waals surface area contributed by atoms with E-state index >= 15 is 0 Å². The summed E-state index contributed by atoms with van der Waals surface area (Å²) in [6.45, 7) is 1.88. The van der Waals surface area contributed by atoms with Crippen molar-refractivity contribution in [3.63, 3.8) is 0 Å². The number of halogens is 3. The second-order valence-corrected chi connectivity index (χ2v) is 5.73. The third-order valence-corrected chi connectivity index (χ3v) is 3.85. The molecule has 3 rings (SSSR count). The molecule has 0 saturated carbocycles. The topological polar surface area (TPSA) is 76.2 Å². The third-order valence-electron chi connectivity index (χ3n) is 2.94. The van der Waals surface area contributed by atoms with Gasteiger partial charge in [0.25, 0.3) is 0 Å². The highest BCUT2D eigenvalue weighted by molar-refractivity contribution is 7.13. The van der Waals surface area contributed by atoms with Gasteiger partial charge in [-0.15, -0.1) is 36.2 Å². The number of nitrogens with two attached hydrogens (primary N) is 1. The first kappa shape index (κ1) is 19.4. The summed E-state index contributed by atoms with van der Waals surface area (Å²) in [5.74, 6) is 0. The summed E-state index contributed by atoms with van der Waals surface area (Å²) in [6.07, 6.45) is 1.71. The molecule has 0 radical (unpaired) electrons. The minimum atomic E-state index is 0. The number of rotatable bonds is 3. The number of pyridine rings is 1. The molecule has 5 nitrogen and oxygen atoms in total. The number of fused-ring (bicyclic) bond motifs is 1. The van der Waals surface area contributed by atoms with Crippen molar-refractivity contribution < 1.29 is 0 Å². The summed E-state index contributed by atoms with van der Waals surface area (Å²) in [5.41, 5.74) is 11.9. The minimum absolute atomic E-state index is 0. The van der Waals surface area contributed by atoms with Gasteiger partial charge in [0, 0.05) is 22.0 Å². The SMILES string of the molecule is CC(=NNc1ccnc2cc(Cl)ccc12)c1csc(N)n1.Cl.Cl. The molecule has 23 heavy (non-hydrogen) atoms. The Morgan fingerprint density at radius 3 is 2.78 bits per heavy atom. The quantitative estimate of drug-likeness (QED) is 0.506. The maximum atomic E-state index is 5.97. The van der Waals surface area contributed by atoms with Crippen molar-refractivity contribution >= 4 is 75.2 Å². The number of thiazole rings is 1. The molecule has 3 N–H and O–H groups in total. The van der Waals surface area contributed by atoms with Crippen molar-refractivity contribution in [1.82, 2.24) is 9.97 Å². The van der Waals surface area contributed by atoms with Crippen molar-refractivity contribution in [2.24, 2.45) is 5.10 Å². The predicted molar refractivity (Wildman–Crippen MR) is 104 cm³/mol. The first-order chi connectivity index (χ1) is 10.1. The molecule has 0 bridgehead atoms. The van der Waals surface area contributed by atoms with E-state index < -0.39 is 0 Å². The summed E-state index contributed by atoms with van der Waals surface area (Å²) in [5, 5.41) is 8.36. The van der Waals surface area contributed by atoms with Gasteiger partial charge >= 0.3 is 0 Å². The minimum Gasteiger partial charge on any atom is -0.375 e. The van der Waals surface area contributed by atoms with Crippen LogP contribution in [0.4, 0.5) is 10.8 Å². The van der Waals surface area contributed by atoms with Crippen LogP contribution in [0.2, 0.25) is 5.02 Å². The Labute approximate surface area is 154 Å². The van der Waals surface area contributed by atoms with E-state index in [0.717, 1.165) is 28.0 Å². The molecule has 3 aromatic rings. The Balaban J connectivity index is 0.00000132. The van der Waals surface area contributed by atoms with Crippen molar-refractivity contribution in [3.8, 4) is 0 Å². The number of nitrogen functional groups attached to an aromatic ring is 1. The molecule has 0 atom stereocenters. The molecule has 0 aliphatic rings. The van der Waals surface area contributed by atoms with Crippen molar-refractivity contribution in [2.75, 3.05) is 11.2 Å². The van der Waals surface area contributed by atoms with Gasteiger partial charge in [0.1, 0.15) is 0 Å². The van der Waals surface area contributed by atoms with Crippen LogP contribution in [0.5, 0.6) is 0 Å². The average molecular weight is 391 g/mol. The van der Waals surface area contributed by atoms with Crippen molar-refractivity contribution in [3.05, 3.63) is 46.6 Å². The van der Waals surface area contributed by atoms with Crippen LogP contribution in [0.25, 0.3) is 10.9 Å². The molecule has 0 saturated heterocycles. The van der Waals surface area contributed by atoms with Crippen LogP contribution < -0.4 is 11.2 Å². The van der Waals surface area contributed by atoms with Crippen LogP contribution >= 0.6 is 47.8 Å². The molecule has 1 aromatic carbocycles. The molecular formula is C14H14Cl3N5S. The van der Waals surface area contributed by atoms with Crippen LogP contribution in [0.3, 0.4) is 0 Å². The Kier molecular flexibility index (Phi) is 7.02. The summed E-state index contributed by atoms with van der Waals surface area (Å²) in [7, 11) is 0. The number of hydrogen-bond acceptors (Lipinski definition) is 6. The lowest BCUT2D eigenvalue weighted by Gasteiger charge is -2.06. The van der Waals surface area contributed by atoms with Gasteiger partial charge < -0.3 is 5.73 Å². The lowest BCUT2D eigenvalue weighted by molar-refractivity contribution is 1.28. The zero-order chi connectivity index (χ0) is 14.8. The molecule has 0 aliphatic carbocycles. The second kappa shape index (κ2) is 8.31. The molecule has 9 heteroatoms. The molecule has 0 aliphatic heterocycles. The highest BCUT2D eigenvalue weighted by Gasteiger charge is 2.04. The molecule has 0 spiro atoms. The smallest absolute Gasteiger partial charge is 0.180 e. The number of hydrazone groups is 1. The van der Waals surface area contributed by atoms with Crippen LogP contribution in [-0.2, 0) is 0 Å². The first-order valence-corrected chi connectivity index (χ1v) is 7.45. The average Bonchev–Trinajstić information content (AvgIpc) is 2.91. The van der Waals surface area contributed by atoms with Crippen molar-refractivity contribution in [2.45, 2.75) is 6.92 Å². The van der Waals surface area contributed by atoms with Gasteiger partial charge in [-0.2, -0.15) is 5.10 Å². The van der Waals surface area contributed by atoms with Gasteiger partial charge in [-0.05, 0) is 31.2 Å². The fourth-order valence-corrected chi connectivity index (χ4v) is 2.65. The maximum absolute atomic E-state index is 5.97. The molecule has 0 fully saturated rings. The zero-order valence-corrected chi connectivity index (χ0v) is 15.2.